The Morgan fingerprint density at radius 1 is 1.32 bits per heavy atom. The van der Waals surface area contributed by atoms with Crippen molar-refractivity contribution in [2.45, 2.75) is 0 Å². The third-order valence-corrected chi connectivity index (χ3v) is 4.23. The molecule has 98 valence electrons. The molecule has 1 aromatic carbocycles. The Morgan fingerprint density at radius 3 is 2.74 bits per heavy atom. The summed E-state index contributed by atoms with van der Waals surface area (Å²) >= 11 is 16.5. The fourth-order valence-electron chi connectivity index (χ4n) is 1.29. The number of carbonyl (C=O) groups is 1. The maximum absolute atomic E-state index is 11.8. The summed E-state index contributed by atoms with van der Waals surface area (Å²) in [4.78, 5) is 12.7. The van der Waals surface area contributed by atoms with Gasteiger partial charge in [-0.3, -0.25) is 4.79 Å². The van der Waals surface area contributed by atoms with Gasteiger partial charge in [0.15, 0.2) is 0 Å². The van der Waals surface area contributed by atoms with Gasteiger partial charge in [0.2, 0.25) is 0 Å². The minimum Gasteiger partial charge on any atom is -0.267 e. The first-order valence-corrected chi connectivity index (χ1v) is 7.46. The van der Waals surface area contributed by atoms with Crippen molar-refractivity contribution in [3.05, 3.63) is 54.6 Å². The Kier molecular flexibility index (Phi) is 4.99. The Morgan fingerprint density at radius 2 is 2.11 bits per heavy atom. The molecule has 0 saturated heterocycles. The number of nitrogens with one attached hydrogen (secondary N) is 1. The molecular weight excluding hydrogens is 371 g/mol. The molecule has 0 spiro atoms. The van der Waals surface area contributed by atoms with E-state index in [2.05, 4.69) is 26.5 Å². The van der Waals surface area contributed by atoms with E-state index < -0.39 is 0 Å². The third-order valence-electron chi connectivity index (χ3n) is 2.13. The van der Waals surface area contributed by atoms with Crippen molar-refractivity contribution in [3.63, 3.8) is 0 Å². The Bertz CT molecular complexity index is 642. The molecule has 1 aromatic heterocycles. The first-order valence-electron chi connectivity index (χ1n) is 5.10. The molecule has 19 heavy (non-hydrogen) atoms. The molecule has 1 N–H and O–H groups in total. The van der Waals surface area contributed by atoms with E-state index in [-0.39, 0.29) is 5.91 Å². The van der Waals surface area contributed by atoms with Crippen LogP contribution in [0.4, 0.5) is 0 Å². The van der Waals surface area contributed by atoms with Crippen molar-refractivity contribution in [1.82, 2.24) is 5.43 Å². The topological polar surface area (TPSA) is 41.5 Å². The third kappa shape index (κ3) is 4.04. The lowest BCUT2D eigenvalue weighted by Crippen LogP contribution is -2.17. The highest BCUT2D eigenvalue weighted by Gasteiger charge is 2.09. The average Bonchev–Trinajstić information content (AvgIpc) is 2.75. The van der Waals surface area contributed by atoms with Crippen LogP contribution in [0.15, 0.2) is 39.2 Å². The lowest BCUT2D eigenvalue weighted by Gasteiger charge is -2.02. The van der Waals surface area contributed by atoms with Gasteiger partial charge in [-0.15, -0.1) is 11.3 Å². The molecule has 0 bridgehead atoms. The van der Waals surface area contributed by atoms with Crippen molar-refractivity contribution in [2.24, 2.45) is 5.10 Å². The molecule has 0 atom stereocenters. The molecule has 0 aliphatic rings. The number of thiophene rings is 1. The number of halogens is 3. The standard InChI is InChI=1S/C12H7BrCl2N2OS/c13-11-4-2-8(19-11)6-16-17-12(18)9-3-1-7(14)5-10(9)15/h1-6H,(H,17,18). The lowest BCUT2D eigenvalue weighted by atomic mass is 10.2. The van der Waals surface area contributed by atoms with Crippen LogP contribution < -0.4 is 5.43 Å². The number of carbonyl (C=O) groups excluding carboxylic acids is 1. The smallest absolute Gasteiger partial charge is 0.267 e. The van der Waals surface area contributed by atoms with Crippen LogP contribution in [0.3, 0.4) is 0 Å². The SMILES string of the molecule is O=C(NN=Cc1ccc(Br)s1)c1ccc(Cl)cc1Cl. The molecule has 2 rings (SSSR count). The van der Waals surface area contributed by atoms with Crippen LogP contribution in [0, 0.1) is 0 Å². The van der Waals surface area contributed by atoms with Crippen molar-refractivity contribution in [2.75, 3.05) is 0 Å². The normalized spacial score (nSPS) is 10.9. The number of hydrazone groups is 1. The van der Waals surface area contributed by atoms with Crippen LogP contribution in [-0.4, -0.2) is 12.1 Å². The second-order valence-electron chi connectivity index (χ2n) is 3.47. The Labute approximate surface area is 132 Å². The molecule has 2 aromatic rings. The van der Waals surface area contributed by atoms with Gasteiger partial charge in [-0.25, -0.2) is 5.43 Å². The zero-order valence-electron chi connectivity index (χ0n) is 9.36. The molecule has 3 nitrogen and oxygen atoms in total. The van der Waals surface area contributed by atoms with Crippen LogP contribution in [0.1, 0.15) is 15.2 Å². The van der Waals surface area contributed by atoms with Gasteiger partial charge in [-0.2, -0.15) is 5.10 Å². The van der Waals surface area contributed by atoms with Crippen LogP contribution >= 0.6 is 50.5 Å². The molecule has 0 radical (unpaired) electrons. The predicted octanol–water partition coefficient (Wildman–Crippen LogP) is 4.58. The van der Waals surface area contributed by atoms with Gasteiger partial charge >= 0.3 is 0 Å². The van der Waals surface area contributed by atoms with Gasteiger partial charge in [-0.1, -0.05) is 23.2 Å². The summed E-state index contributed by atoms with van der Waals surface area (Å²) in [5.41, 5.74) is 2.74. The van der Waals surface area contributed by atoms with Crippen LogP contribution in [0.5, 0.6) is 0 Å². The quantitative estimate of drug-likeness (QED) is 0.617. The second kappa shape index (κ2) is 6.52. The molecule has 0 fully saturated rings. The summed E-state index contributed by atoms with van der Waals surface area (Å²) in [6.07, 6.45) is 1.57. The van der Waals surface area contributed by atoms with Crippen molar-refractivity contribution < 1.29 is 4.79 Å². The van der Waals surface area contributed by atoms with Crippen LogP contribution in [-0.2, 0) is 0 Å². The van der Waals surface area contributed by atoms with Crippen molar-refractivity contribution in [3.8, 4) is 0 Å². The monoisotopic (exact) mass is 376 g/mol. The summed E-state index contributed by atoms with van der Waals surface area (Å²) < 4.78 is 1.00. The second-order valence-corrected chi connectivity index (χ2v) is 6.80. The summed E-state index contributed by atoms with van der Waals surface area (Å²) in [7, 11) is 0. The maximum Gasteiger partial charge on any atom is 0.272 e. The predicted molar refractivity (Wildman–Crippen MR) is 83.5 cm³/mol. The maximum atomic E-state index is 11.8. The summed E-state index contributed by atoms with van der Waals surface area (Å²) in [6.45, 7) is 0. The Balaban J connectivity index is 2.03. The molecule has 1 amide bonds. The van der Waals surface area contributed by atoms with E-state index in [1.54, 1.807) is 18.3 Å². The number of hydrogen-bond donors (Lipinski definition) is 1. The summed E-state index contributed by atoms with van der Waals surface area (Å²) in [6, 6.07) is 8.46. The molecule has 0 saturated carbocycles. The zero-order valence-corrected chi connectivity index (χ0v) is 13.3. The highest BCUT2D eigenvalue weighted by molar-refractivity contribution is 9.11. The van der Waals surface area contributed by atoms with E-state index in [1.165, 1.54) is 17.4 Å². The lowest BCUT2D eigenvalue weighted by molar-refractivity contribution is 0.0955. The van der Waals surface area contributed by atoms with Gasteiger partial charge in [0.1, 0.15) is 0 Å². The van der Waals surface area contributed by atoms with Crippen LogP contribution in [0.2, 0.25) is 10.0 Å². The van der Waals surface area contributed by atoms with E-state index in [1.807, 2.05) is 12.1 Å². The highest BCUT2D eigenvalue weighted by Crippen LogP contribution is 2.21. The Hall–Kier alpha value is -0.880. The van der Waals surface area contributed by atoms with E-state index in [0.717, 1.165) is 8.66 Å². The van der Waals surface area contributed by atoms with E-state index in [4.69, 9.17) is 23.2 Å². The molecule has 0 aliphatic heterocycles. The molecule has 0 aliphatic carbocycles. The molecular formula is C12H7BrCl2N2OS. The summed E-state index contributed by atoms with van der Waals surface area (Å²) in [5.74, 6) is -0.381. The van der Waals surface area contributed by atoms with Crippen molar-refractivity contribution >= 4 is 62.6 Å². The van der Waals surface area contributed by atoms with Crippen LogP contribution in [0.25, 0.3) is 0 Å². The van der Waals surface area contributed by atoms with E-state index in [9.17, 15) is 4.79 Å². The highest BCUT2D eigenvalue weighted by atomic mass is 79.9. The number of hydrogen-bond acceptors (Lipinski definition) is 3. The van der Waals surface area contributed by atoms with Gasteiger partial charge < -0.3 is 0 Å². The fraction of sp³-hybridized carbons (Fsp3) is 0. The number of rotatable bonds is 3. The summed E-state index contributed by atoms with van der Waals surface area (Å²) in [5, 5.41) is 4.64. The molecule has 1 heterocycles. The largest absolute Gasteiger partial charge is 0.272 e. The van der Waals surface area contributed by atoms with Gasteiger partial charge in [0.05, 0.1) is 20.6 Å². The first-order chi connectivity index (χ1) is 9.06. The number of nitrogens with zero attached hydrogens (tertiary/aromatic N) is 1. The minimum absolute atomic E-state index is 0.291. The minimum atomic E-state index is -0.381. The van der Waals surface area contributed by atoms with E-state index in [0.29, 0.717) is 15.6 Å². The first kappa shape index (κ1) is 14.5. The van der Waals surface area contributed by atoms with E-state index >= 15 is 0 Å². The van der Waals surface area contributed by atoms with Gasteiger partial charge in [0.25, 0.3) is 5.91 Å². The zero-order chi connectivity index (χ0) is 13.8. The average molecular weight is 378 g/mol. The van der Waals surface area contributed by atoms with Gasteiger partial charge in [-0.05, 0) is 46.3 Å². The molecule has 0 unspecified atom stereocenters. The van der Waals surface area contributed by atoms with Gasteiger partial charge in [0, 0.05) is 9.90 Å². The number of amides is 1. The fourth-order valence-corrected chi connectivity index (χ4v) is 3.08. The number of benzene rings is 1. The van der Waals surface area contributed by atoms with Crippen molar-refractivity contribution in [1.29, 1.82) is 0 Å². The molecule has 7 heteroatoms.